The van der Waals surface area contributed by atoms with Crippen LogP contribution in [-0.4, -0.2) is 12.8 Å². The van der Waals surface area contributed by atoms with Crippen molar-refractivity contribution >= 4 is 12.8 Å². The first-order valence-corrected chi connectivity index (χ1v) is 11.7. The van der Waals surface area contributed by atoms with E-state index in [4.69, 9.17) is 0 Å². The molecule has 1 heteroatoms. The molecule has 0 aromatic rings. The van der Waals surface area contributed by atoms with Crippen LogP contribution in [0.4, 0.5) is 0 Å². The zero-order chi connectivity index (χ0) is 13.6. The number of hydrogen-bond acceptors (Lipinski definition) is 0. The molecule has 106 valence electrons. The Morgan fingerprint density at radius 3 is 0.824 bits per heavy atom. The van der Waals surface area contributed by atoms with Crippen LogP contribution in [0, 0.1) is 0 Å². The van der Waals surface area contributed by atoms with E-state index in [0.717, 1.165) is 19.3 Å². The average Bonchev–Trinajstić information content (AvgIpc) is 2.37. The Bertz CT molecular complexity index is 154. The molecule has 0 heterocycles. The maximum absolute atomic E-state index is 2.56. The average molecular weight is 307 g/mol. The molecular weight excluding hydrogens is 271 g/mol. The molecule has 17 heavy (non-hydrogen) atoms. The fraction of sp³-hybridized carbons (Fsp3) is 1.00. The van der Waals surface area contributed by atoms with Crippen molar-refractivity contribution in [3.05, 3.63) is 0 Å². The van der Waals surface area contributed by atoms with Crippen molar-refractivity contribution in [2.75, 3.05) is 0 Å². The molecule has 0 spiro atoms. The van der Waals surface area contributed by atoms with Gasteiger partial charge in [0.2, 0.25) is 0 Å². The molecule has 0 aliphatic carbocycles. The molecule has 4 unspecified atom stereocenters. The van der Waals surface area contributed by atoms with Crippen LogP contribution in [0.2, 0.25) is 19.3 Å². The van der Waals surface area contributed by atoms with E-state index in [1.54, 1.807) is 0 Å². The van der Waals surface area contributed by atoms with Crippen LogP contribution in [0.5, 0.6) is 0 Å². The molecule has 0 aromatic carbocycles. The second-order valence-corrected chi connectivity index (χ2v) is 15.9. The van der Waals surface area contributed by atoms with E-state index in [0.29, 0.717) is 0 Å². The van der Waals surface area contributed by atoms with E-state index in [1.165, 1.54) is 25.7 Å². The number of rotatable bonds is 8. The van der Waals surface area contributed by atoms with Crippen LogP contribution in [-0.2, 0) is 0 Å². The van der Waals surface area contributed by atoms with Crippen LogP contribution < -0.4 is 0 Å². The van der Waals surface area contributed by atoms with Crippen molar-refractivity contribution in [3.63, 3.8) is 0 Å². The third-order valence-corrected chi connectivity index (χ3v) is 19.6. The van der Waals surface area contributed by atoms with E-state index in [-0.39, 0.29) is 0 Å². The minimum absolute atomic E-state index is 0.992. The van der Waals surface area contributed by atoms with Gasteiger partial charge in [0.1, 0.15) is 0 Å². The van der Waals surface area contributed by atoms with Crippen molar-refractivity contribution in [2.24, 2.45) is 0 Å². The Hall–Kier alpha value is 0.519. The van der Waals surface area contributed by atoms with Gasteiger partial charge < -0.3 is 0 Å². The first-order valence-electron chi connectivity index (χ1n) is 7.71. The van der Waals surface area contributed by atoms with Gasteiger partial charge in [-0.3, -0.25) is 0 Å². The van der Waals surface area contributed by atoms with Gasteiger partial charge in [-0.25, -0.2) is 0 Å². The first kappa shape index (κ1) is 17.5. The fourth-order valence-electron chi connectivity index (χ4n) is 3.53. The second-order valence-electron chi connectivity index (χ2n) is 5.69. The van der Waals surface area contributed by atoms with Gasteiger partial charge in [-0.1, -0.05) is 0 Å². The summed E-state index contributed by atoms with van der Waals surface area (Å²) in [5.74, 6) is 0. The third-order valence-electron chi connectivity index (χ3n) is 5.09. The normalized spacial score (nSPS) is 24.5. The maximum atomic E-state index is 2.56. The Kier molecular flexibility index (Phi) is 8.09. The van der Waals surface area contributed by atoms with Crippen molar-refractivity contribution in [1.82, 2.24) is 0 Å². The monoisotopic (exact) mass is 308 g/mol. The molecule has 0 rings (SSSR count). The summed E-state index contributed by atoms with van der Waals surface area (Å²) in [5.41, 5.74) is 0. The van der Waals surface area contributed by atoms with Gasteiger partial charge in [-0.15, -0.1) is 0 Å². The zero-order valence-electron chi connectivity index (χ0n) is 13.5. The summed E-state index contributed by atoms with van der Waals surface area (Å²) in [5, 5.41) is 0. The summed E-state index contributed by atoms with van der Waals surface area (Å²) >= 11 is -1.43. The first-order chi connectivity index (χ1) is 7.93. The minimum atomic E-state index is -1.43. The Morgan fingerprint density at radius 1 is 0.529 bits per heavy atom. The molecule has 0 amide bonds. The predicted octanol–water partition coefficient (Wildman–Crippen LogP) is 6.64. The van der Waals surface area contributed by atoms with Gasteiger partial charge in [0.05, 0.1) is 0 Å². The summed E-state index contributed by atoms with van der Waals surface area (Å²) in [4.78, 5) is 3.97. The predicted molar refractivity (Wildman–Crippen MR) is 84.6 cm³/mol. The van der Waals surface area contributed by atoms with Crippen LogP contribution in [0.25, 0.3) is 0 Å². The fourth-order valence-corrected chi connectivity index (χ4v) is 18.4. The Labute approximate surface area is 113 Å². The Balaban J connectivity index is 5.51. The SMILES string of the molecule is CCC(C)[Se](C(C)CC)(C(C)CC)C(C)CC. The second kappa shape index (κ2) is 7.85. The molecule has 0 bridgehead atoms. The molecule has 0 saturated carbocycles. The summed E-state index contributed by atoms with van der Waals surface area (Å²) < 4.78 is 0. The standard InChI is InChI=1S/C16H36Se/c1-9-13(5)17(14(6)10-2,15(7)11-3)16(8)12-4/h13-16H,9-12H2,1-8H3. The molecule has 0 aliphatic rings. The summed E-state index contributed by atoms with van der Waals surface area (Å²) in [6, 6.07) is 0. The van der Waals surface area contributed by atoms with Crippen molar-refractivity contribution in [1.29, 1.82) is 0 Å². The van der Waals surface area contributed by atoms with Crippen LogP contribution in [0.15, 0.2) is 0 Å². The van der Waals surface area contributed by atoms with Crippen molar-refractivity contribution in [3.8, 4) is 0 Å². The molecule has 0 saturated heterocycles. The quantitative estimate of drug-likeness (QED) is 0.441. The Morgan fingerprint density at radius 2 is 0.706 bits per heavy atom. The summed E-state index contributed by atoms with van der Waals surface area (Å²) in [6.45, 7) is 19.9. The van der Waals surface area contributed by atoms with Gasteiger partial charge in [0.25, 0.3) is 0 Å². The zero-order valence-corrected chi connectivity index (χ0v) is 15.3. The van der Waals surface area contributed by atoms with Crippen molar-refractivity contribution < 1.29 is 0 Å². The van der Waals surface area contributed by atoms with E-state index in [9.17, 15) is 0 Å². The molecule has 0 fully saturated rings. The molecule has 0 aromatic heterocycles. The number of hydrogen-bond donors (Lipinski definition) is 0. The van der Waals surface area contributed by atoms with Crippen LogP contribution in [0.3, 0.4) is 0 Å². The molecule has 4 atom stereocenters. The van der Waals surface area contributed by atoms with Gasteiger partial charge >= 0.3 is 113 Å². The van der Waals surface area contributed by atoms with E-state index < -0.39 is 12.8 Å². The van der Waals surface area contributed by atoms with Crippen LogP contribution >= 0.6 is 0 Å². The van der Waals surface area contributed by atoms with E-state index in [1.807, 2.05) is 0 Å². The van der Waals surface area contributed by atoms with Crippen LogP contribution in [0.1, 0.15) is 81.1 Å². The molecule has 0 N–H and O–H groups in total. The van der Waals surface area contributed by atoms with Gasteiger partial charge in [0, 0.05) is 0 Å². The van der Waals surface area contributed by atoms with Gasteiger partial charge in [-0.2, -0.15) is 0 Å². The third kappa shape index (κ3) is 3.29. The summed E-state index contributed by atoms with van der Waals surface area (Å²) in [6.07, 6.45) is 5.55. The van der Waals surface area contributed by atoms with Gasteiger partial charge in [-0.05, 0) is 0 Å². The topological polar surface area (TPSA) is 0 Å². The van der Waals surface area contributed by atoms with Gasteiger partial charge in [0.15, 0.2) is 0 Å². The molecule has 0 radical (unpaired) electrons. The van der Waals surface area contributed by atoms with E-state index in [2.05, 4.69) is 55.4 Å². The molecular formula is C16H36Se. The molecule has 0 aliphatic heterocycles. The summed E-state index contributed by atoms with van der Waals surface area (Å²) in [7, 11) is 0. The van der Waals surface area contributed by atoms with Crippen molar-refractivity contribution in [2.45, 2.75) is 100 Å². The van der Waals surface area contributed by atoms with E-state index >= 15 is 0 Å². The molecule has 0 nitrogen and oxygen atoms in total.